The van der Waals surface area contributed by atoms with Crippen molar-refractivity contribution in [1.82, 2.24) is 10.6 Å². The van der Waals surface area contributed by atoms with Crippen LogP contribution < -0.4 is 15.8 Å². The van der Waals surface area contributed by atoms with Crippen molar-refractivity contribution in [1.29, 1.82) is 0 Å². The lowest BCUT2D eigenvalue weighted by Gasteiger charge is -2.28. The number of nitrogens with one attached hydrogen (secondary N) is 2. The molecule has 1 aliphatic rings. The van der Waals surface area contributed by atoms with E-state index in [1.54, 1.807) is 12.1 Å². The Kier molecular flexibility index (Phi) is 8.41. The number of hydrogen-bond donors (Lipinski definition) is 3. The highest BCUT2D eigenvalue weighted by Crippen LogP contribution is 2.42. The predicted octanol–water partition coefficient (Wildman–Crippen LogP) is 1.40. The van der Waals surface area contributed by atoms with Crippen LogP contribution in [0.3, 0.4) is 0 Å². The molecular weight excluding hydrogens is 434 g/mol. The highest BCUT2D eigenvalue weighted by atomic mass is 32.2. The third-order valence-electron chi connectivity index (χ3n) is 5.33. The van der Waals surface area contributed by atoms with E-state index in [0.717, 1.165) is 18.4 Å². The van der Waals surface area contributed by atoms with Crippen LogP contribution in [0.1, 0.15) is 58.4 Å². The van der Waals surface area contributed by atoms with Gasteiger partial charge < -0.3 is 15.4 Å². The van der Waals surface area contributed by atoms with Gasteiger partial charge in [-0.05, 0) is 57.7 Å². The quantitative estimate of drug-likeness (QED) is 0.468. The van der Waals surface area contributed by atoms with E-state index in [9.17, 15) is 22.8 Å². The highest BCUT2D eigenvalue weighted by Gasteiger charge is 2.44. The van der Waals surface area contributed by atoms with Gasteiger partial charge in [-0.2, -0.15) is 0 Å². The molecular formula is C22H33N3O6S. The zero-order chi connectivity index (χ0) is 24.0. The van der Waals surface area contributed by atoms with E-state index >= 15 is 0 Å². The molecule has 0 aliphatic heterocycles. The van der Waals surface area contributed by atoms with Gasteiger partial charge in [-0.25, -0.2) is 13.6 Å². The standard InChI is InChI=1S/C22H33N3O6S/c1-21(2,3)25-18(26)14-22(11-4-5-12-22)20(28)31-15-19(27)24-13-10-16-6-8-17(9-7-16)32(23,29)30/h6-9H,4-5,10-15H2,1-3H3,(H,24,27)(H,25,26)(H2,23,29,30). The number of benzene rings is 1. The van der Waals surface area contributed by atoms with Gasteiger partial charge in [0.1, 0.15) is 0 Å². The summed E-state index contributed by atoms with van der Waals surface area (Å²) in [6, 6.07) is 6.06. The van der Waals surface area contributed by atoms with Gasteiger partial charge in [-0.3, -0.25) is 14.4 Å². The fraction of sp³-hybridized carbons (Fsp3) is 0.591. The van der Waals surface area contributed by atoms with E-state index < -0.39 is 33.9 Å². The largest absolute Gasteiger partial charge is 0.455 e. The molecule has 178 valence electrons. The van der Waals surface area contributed by atoms with E-state index in [2.05, 4.69) is 10.6 Å². The molecule has 1 saturated carbocycles. The van der Waals surface area contributed by atoms with Crippen molar-refractivity contribution >= 4 is 27.8 Å². The smallest absolute Gasteiger partial charge is 0.313 e. The Balaban J connectivity index is 1.80. The first-order chi connectivity index (χ1) is 14.8. The Morgan fingerprint density at radius 3 is 2.19 bits per heavy atom. The Morgan fingerprint density at radius 2 is 1.66 bits per heavy atom. The zero-order valence-electron chi connectivity index (χ0n) is 18.9. The summed E-state index contributed by atoms with van der Waals surface area (Å²) in [5.41, 5.74) is -0.440. The summed E-state index contributed by atoms with van der Waals surface area (Å²) in [5.74, 6) is -1.14. The topological polar surface area (TPSA) is 145 Å². The molecule has 2 amide bonds. The molecule has 0 atom stereocenters. The van der Waals surface area contributed by atoms with Gasteiger partial charge in [0, 0.05) is 18.5 Å². The van der Waals surface area contributed by atoms with Crippen LogP contribution in [0.4, 0.5) is 0 Å². The van der Waals surface area contributed by atoms with Crippen LogP contribution in [-0.2, 0) is 35.6 Å². The lowest BCUT2D eigenvalue weighted by Crippen LogP contribution is -2.44. The van der Waals surface area contributed by atoms with Crippen molar-refractivity contribution < 1.29 is 27.5 Å². The number of esters is 1. The van der Waals surface area contributed by atoms with Crippen LogP contribution in [-0.4, -0.2) is 44.9 Å². The second kappa shape index (κ2) is 10.4. The first-order valence-electron chi connectivity index (χ1n) is 10.7. The van der Waals surface area contributed by atoms with Crippen LogP contribution in [0, 0.1) is 5.41 Å². The minimum absolute atomic E-state index is 0.0224. The second-order valence-corrected chi connectivity index (χ2v) is 10.9. The van der Waals surface area contributed by atoms with Crippen molar-refractivity contribution in [2.45, 2.75) is 69.7 Å². The summed E-state index contributed by atoms with van der Waals surface area (Å²) in [7, 11) is -3.74. The summed E-state index contributed by atoms with van der Waals surface area (Å²) in [5, 5.41) is 10.6. The average molecular weight is 468 g/mol. The number of hydrogen-bond acceptors (Lipinski definition) is 6. The number of nitrogens with two attached hydrogens (primary N) is 1. The van der Waals surface area contributed by atoms with E-state index in [-0.39, 0.29) is 22.8 Å². The Bertz CT molecular complexity index is 929. The number of amides is 2. The summed E-state index contributed by atoms with van der Waals surface area (Å²) >= 11 is 0. The molecule has 0 unspecified atom stereocenters. The molecule has 0 spiro atoms. The lowest BCUT2D eigenvalue weighted by molar-refractivity contribution is -0.160. The molecule has 2 rings (SSSR count). The van der Waals surface area contributed by atoms with Gasteiger partial charge in [0.2, 0.25) is 15.9 Å². The van der Waals surface area contributed by atoms with Crippen molar-refractivity contribution in [2.75, 3.05) is 13.2 Å². The first-order valence-corrected chi connectivity index (χ1v) is 12.2. The van der Waals surface area contributed by atoms with Gasteiger partial charge >= 0.3 is 5.97 Å². The van der Waals surface area contributed by atoms with Gasteiger partial charge in [-0.1, -0.05) is 25.0 Å². The molecule has 1 aromatic carbocycles. The number of rotatable bonds is 9. The Hall–Kier alpha value is -2.46. The molecule has 1 fully saturated rings. The monoisotopic (exact) mass is 467 g/mol. The number of ether oxygens (including phenoxy) is 1. The molecule has 1 aromatic rings. The van der Waals surface area contributed by atoms with Gasteiger partial charge in [0.25, 0.3) is 5.91 Å². The third-order valence-corrected chi connectivity index (χ3v) is 6.26. The maximum atomic E-state index is 12.7. The Morgan fingerprint density at radius 1 is 1.06 bits per heavy atom. The summed E-state index contributed by atoms with van der Waals surface area (Å²) in [4.78, 5) is 37.2. The minimum atomic E-state index is -3.74. The Labute approximate surface area is 189 Å². The molecule has 0 aromatic heterocycles. The predicted molar refractivity (Wildman–Crippen MR) is 119 cm³/mol. The number of sulfonamides is 1. The molecule has 0 radical (unpaired) electrons. The normalized spacial score (nSPS) is 15.8. The highest BCUT2D eigenvalue weighted by molar-refractivity contribution is 7.89. The molecule has 4 N–H and O–H groups in total. The van der Waals surface area contributed by atoms with Gasteiger partial charge in [0.15, 0.2) is 6.61 Å². The summed E-state index contributed by atoms with van der Waals surface area (Å²) in [6.45, 7) is 5.52. The molecule has 0 saturated heterocycles. The molecule has 32 heavy (non-hydrogen) atoms. The van der Waals surface area contributed by atoms with Crippen molar-refractivity contribution in [3.63, 3.8) is 0 Å². The van der Waals surface area contributed by atoms with Crippen LogP contribution in [0.15, 0.2) is 29.2 Å². The van der Waals surface area contributed by atoms with Crippen LogP contribution in [0.5, 0.6) is 0 Å². The van der Waals surface area contributed by atoms with Crippen LogP contribution in [0.2, 0.25) is 0 Å². The van der Waals surface area contributed by atoms with Crippen molar-refractivity contribution in [3.05, 3.63) is 29.8 Å². The maximum absolute atomic E-state index is 12.7. The SMILES string of the molecule is CC(C)(C)NC(=O)CC1(C(=O)OCC(=O)NCCc2ccc(S(N)(=O)=O)cc2)CCCC1. The lowest BCUT2D eigenvalue weighted by atomic mass is 9.82. The van der Waals surface area contributed by atoms with Crippen LogP contribution >= 0.6 is 0 Å². The molecule has 9 nitrogen and oxygen atoms in total. The summed E-state index contributed by atoms with van der Waals surface area (Å²) < 4.78 is 27.8. The molecule has 0 heterocycles. The average Bonchev–Trinajstić information content (AvgIpc) is 3.13. The van der Waals surface area contributed by atoms with E-state index in [4.69, 9.17) is 9.88 Å². The second-order valence-electron chi connectivity index (χ2n) is 9.33. The van der Waals surface area contributed by atoms with Gasteiger partial charge in [0.05, 0.1) is 10.3 Å². The first kappa shape index (κ1) is 25.8. The fourth-order valence-corrected chi connectivity index (χ4v) is 4.32. The van der Waals surface area contributed by atoms with E-state index in [1.807, 2.05) is 20.8 Å². The van der Waals surface area contributed by atoms with E-state index in [1.165, 1.54) is 12.1 Å². The number of carbonyl (C=O) groups excluding carboxylic acids is 3. The van der Waals surface area contributed by atoms with E-state index in [0.29, 0.717) is 25.8 Å². The summed E-state index contributed by atoms with van der Waals surface area (Å²) in [6.07, 6.45) is 3.35. The third kappa shape index (κ3) is 7.90. The zero-order valence-corrected chi connectivity index (χ0v) is 19.7. The molecule has 0 bridgehead atoms. The van der Waals surface area contributed by atoms with Gasteiger partial charge in [-0.15, -0.1) is 0 Å². The van der Waals surface area contributed by atoms with Crippen molar-refractivity contribution in [2.24, 2.45) is 10.6 Å². The number of primary sulfonamides is 1. The van der Waals surface area contributed by atoms with Crippen molar-refractivity contribution in [3.8, 4) is 0 Å². The number of carbonyl (C=O) groups is 3. The minimum Gasteiger partial charge on any atom is -0.455 e. The maximum Gasteiger partial charge on any atom is 0.313 e. The molecule has 10 heteroatoms. The fourth-order valence-electron chi connectivity index (χ4n) is 3.80. The molecule has 1 aliphatic carbocycles. The van der Waals surface area contributed by atoms with Crippen LogP contribution in [0.25, 0.3) is 0 Å².